The highest BCUT2D eigenvalue weighted by Gasteiger charge is 2.35. The number of urea groups is 1. The third kappa shape index (κ3) is 2.76. The molecule has 108 valence electrons. The smallest absolute Gasteiger partial charge is 0.326 e. The first kappa shape index (κ1) is 14.4. The quantitative estimate of drug-likeness (QED) is 0.918. The Morgan fingerprint density at radius 2 is 2.00 bits per heavy atom. The lowest BCUT2D eigenvalue weighted by Crippen LogP contribution is -2.52. The van der Waals surface area contributed by atoms with Gasteiger partial charge in [-0.05, 0) is 17.5 Å². The van der Waals surface area contributed by atoms with E-state index in [1.165, 1.54) is 4.90 Å². The maximum absolute atomic E-state index is 12.4. The van der Waals surface area contributed by atoms with E-state index in [1.807, 2.05) is 31.2 Å². The molecule has 1 aromatic rings. The molecular formula is C15H20N2O3. The molecule has 2 amide bonds. The second-order valence-corrected chi connectivity index (χ2v) is 5.16. The lowest BCUT2D eigenvalue weighted by molar-refractivity contribution is -0.142. The van der Waals surface area contributed by atoms with Crippen LogP contribution in [0.5, 0.6) is 0 Å². The van der Waals surface area contributed by atoms with Crippen LogP contribution in [-0.2, 0) is 17.8 Å². The molecule has 0 bridgehead atoms. The van der Waals surface area contributed by atoms with Crippen LogP contribution in [0.2, 0.25) is 0 Å². The number of carbonyl (C=O) groups excluding carboxylic acids is 1. The van der Waals surface area contributed by atoms with Crippen molar-refractivity contribution in [3.05, 3.63) is 35.4 Å². The molecule has 0 unspecified atom stereocenters. The number of rotatable bonds is 3. The fraction of sp³-hybridized carbons (Fsp3) is 0.467. The molecule has 20 heavy (non-hydrogen) atoms. The number of amides is 2. The Bertz CT molecular complexity index is 516. The zero-order valence-electron chi connectivity index (χ0n) is 11.9. The summed E-state index contributed by atoms with van der Waals surface area (Å²) in [5.41, 5.74) is 2.05. The summed E-state index contributed by atoms with van der Waals surface area (Å²) in [4.78, 5) is 26.9. The van der Waals surface area contributed by atoms with E-state index in [-0.39, 0.29) is 6.03 Å². The lowest BCUT2D eigenvalue weighted by Gasteiger charge is -2.36. The molecule has 1 atom stereocenters. The normalized spacial score (nSPS) is 17.5. The minimum Gasteiger partial charge on any atom is -0.480 e. The molecule has 5 heteroatoms. The van der Waals surface area contributed by atoms with Gasteiger partial charge in [-0.3, -0.25) is 0 Å². The van der Waals surface area contributed by atoms with Gasteiger partial charge in [-0.15, -0.1) is 0 Å². The summed E-state index contributed by atoms with van der Waals surface area (Å²) in [7, 11) is 1.71. The van der Waals surface area contributed by atoms with Crippen molar-refractivity contribution in [3.63, 3.8) is 0 Å². The first-order chi connectivity index (χ1) is 9.54. The van der Waals surface area contributed by atoms with Gasteiger partial charge in [0.15, 0.2) is 0 Å². The van der Waals surface area contributed by atoms with Crippen molar-refractivity contribution in [2.45, 2.75) is 32.4 Å². The van der Waals surface area contributed by atoms with Crippen molar-refractivity contribution in [1.29, 1.82) is 0 Å². The second-order valence-electron chi connectivity index (χ2n) is 5.16. The SMILES string of the molecule is CCCN(C)C(=O)N1Cc2ccccc2C[C@H]1C(=O)O. The molecule has 1 heterocycles. The van der Waals surface area contributed by atoms with Crippen molar-refractivity contribution >= 4 is 12.0 Å². The highest BCUT2D eigenvalue weighted by molar-refractivity contribution is 5.83. The summed E-state index contributed by atoms with van der Waals surface area (Å²) in [5.74, 6) is -0.947. The largest absolute Gasteiger partial charge is 0.480 e. The van der Waals surface area contributed by atoms with Gasteiger partial charge >= 0.3 is 12.0 Å². The van der Waals surface area contributed by atoms with Crippen molar-refractivity contribution in [2.75, 3.05) is 13.6 Å². The topological polar surface area (TPSA) is 60.9 Å². The summed E-state index contributed by atoms with van der Waals surface area (Å²) in [5, 5.41) is 9.38. The highest BCUT2D eigenvalue weighted by Crippen LogP contribution is 2.24. The maximum Gasteiger partial charge on any atom is 0.326 e. The molecule has 0 aliphatic carbocycles. The number of carboxylic acids is 1. The zero-order chi connectivity index (χ0) is 14.7. The van der Waals surface area contributed by atoms with E-state index in [0.29, 0.717) is 19.5 Å². The molecule has 1 aliphatic rings. The number of carboxylic acid groups (broad SMARTS) is 1. The van der Waals surface area contributed by atoms with Crippen molar-refractivity contribution in [3.8, 4) is 0 Å². The van der Waals surface area contributed by atoms with Gasteiger partial charge in [0.05, 0.1) is 0 Å². The Balaban J connectivity index is 2.26. The molecule has 0 saturated carbocycles. The molecule has 1 aromatic carbocycles. The van der Waals surface area contributed by atoms with Gasteiger partial charge in [-0.25, -0.2) is 9.59 Å². The van der Waals surface area contributed by atoms with Crippen LogP contribution in [0, 0.1) is 0 Å². The molecule has 0 saturated heterocycles. The third-order valence-corrected chi connectivity index (χ3v) is 3.66. The van der Waals surface area contributed by atoms with Gasteiger partial charge in [0, 0.05) is 26.6 Å². The Kier molecular flexibility index (Phi) is 4.27. The number of carbonyl (C=O) groups is 2. The number of fused-ring (bicyclic) bond motifs is 1. The molecule has 0 aromatic heterocycles. The first-order valence-corrected chi connectivity index (χ1v) is 6.86. The summed E-state index contributed by atoms with van der Waals surface area (Å²) in [6.45, 7) is 2.98. The summed E-state index contributed by atoms with van der Waals surface area (Å²) < 4.78 is 0. The number of hydrogen-bond acceptors (Lipinski definition) is 2. The Morgan fingerprint density at radius 1 is 1.35 bits per heavy atom. The van der Waals surface area contributed by atoms with Gasteiger partial charge in [0.25, 0.3) is 0 Å². The predicted molar refractivity (Wildman–Crippen MR) is 75.4 cm³/mol. The van der Waals surface area contributed by atoms with Gasteiger partial charge in [-0.1, -0.05) is 31.2 Å². The van der Waals surface area contributed by atoms with Crippen LogP contribution in [0.1, 0.15) is 24.5 Å². The minimum absolute atomic E-state index is 0.214. The first-order valence-electron chi connectivity index (χ1n) is 6.86. The van der Waals surface area contributed by atoms with E-state index in [1.54, 1.807) is 11.9 Å². The zero-order valence-corrected chi connectivity index (χ0v) is 11.9. The summed E-state index contributed by atoms with van der Waals surface area (Å²) in [6.07, 6.45) is 1.22. The van der Waals surface area contributed by atoms with Crippen LogP contribution in [0.15, 0.2) is 24.3 Å². The minimum atomic E-state index is -0.947. The van der Waals surface area contributed by atoms with E-state index in [9.17, 15) is 14.7 Å². The van der Waals surface area contributed by atoms with Crippen LogP contribution in [-0.4, -0.2) is 46.5 Å². The number of hydrogen-bond donors (Lipinski definition) is 1. The van der Waals surface area contributed by atoms with Gasteiger partial charge in [0.1, 0.15) is 6.04 Å². The predicted octanol–water partition coefficient (Wildman–Crippen LogP) is 1.96. The van der Waals surface area contributed by atoms with Gasteiger partial charge < -0.3 is 14.9 Å². The molecule has 2 rings (SSSR count). The van der Waals surface area contributed by atoms with Crippen molar-refractivity contribution in [1.82, 2.24) is 9.80 Å². The lowest BCUT2D eigenvalue weighted by atomic mass is 9.94. The molecule has 0 radical (unpaired) electrons. The van der Waals surface area contributed by atoms with Gasteiger partial charge in [0.2, 0.25) is 0 Å². The molecule has 1 N–H and O–H groups in total. The van der Waals surface area contributed by atoms with Gasteiger partial charge in [-0.2, -0.15) is 0 Å². The molecule has 0 fully saturated rings. The summed E-state index contributed by atoms with van der Waals surface area (Å²) in [6, 6.07) is 6.71. The van der Waals surface area contributed by atoms with Crippen LogP contribution in [0.25, 0.3) is 0 Å². The molecular weight excluding hydrogens is 256 g/mol. The van der Waals surface area contributed by atoms with E-state index in [4.69, 9.17) is 0 Å². The van der Waals surface area contributed by atoms with E-state index >= 15 is 0 Å². The number of nitrogens with zero attached hydrogens (tertiary/aromatic N) is 2. The average molecular weight is 276 g/mol. The van der Waals surface area contributed by atoms with Crippen molar-refractivity contribution < 1.29 is 14.7 Å². The number of benzene rings is 1. The Hall–Kier alpha value is -2.04. The van der Waals surface area contributed by atoms with Crippen molar-refractivity contribution in [2.24, 2.45) is 0 Å². The molecule has 0 spiro atoms. The fourth-order valence-corrected chi connectivity index (χ4v) is 2.59. The van der Waals surface area contributed by atoms with E-state index < -0.39 is 12.0 Å². The fourth-order valence-electron chi connectivity index (χ4n) is 2.59. The Morgan fingerprint density at radius 3 is 2.60 bits per heavy atom. The van der Waals surface area contributed by atoms with E-state index in [2.05, 4.69) is 0 Å². The van der Waals surface area contributed by atoms with Crippen LogP contribution < -0.4 is 0 Å². The van der Waals surface area contributed by atoms with Crippen LogP contribution >= 0.6 is 0 Å². The summed E-state index contributed by atoms with van der Waals surface area (Å²) >= 11 is 0. The monoisotopic (exact) mass is 276 g/mol. The molecule has 1 aliphatic heterocycles. The average Bonchev–Trinajstić information content (AvgIpc) is 2.45. The van der Waals surface area contributed by atoms with E-state index in [0.717, 1.165) is 17.5 Å². The standard InChI is InChI=1S/C15H20N2O3/c1-3-8-16(2)15(20)17-10-12-7-5-4-6-11(12)9-13(17)14(18)19/h4-7,13H,3,8-10H2,1-2H3,(H,18,19)/t13-/m0/s1. The third-order valence-electron chi connectivity index (χ3n) is 3.66. The second kappa shape index (κ2) is 5.94. The number of aliphatic carboxylic acids is 1. The molecule has 5 nitrogen and oxygen atoms in total. The van der Waals surface area contributed by atoms with Crippen LogP contribution in [0.3, 0.4) is 0 Å². The van der Waals surface area contributed by atoms with Crippen LogP contribution in [0.4, 0.5) is 4.79 Å². The highest BCUT2D eigenvalue weighted by atomic mass is 16.4. The maximum atomic E-state index is 12.4. The Labute approximate surface area is 118 Å².